The lowest BCUT2D eigenvalue weighted by Crippen LogP contribution is -2.43. The lowest BCUT2D eigenvalue weighted by Gasteiger charge is -2.15. The zero-order chi connectivity index (χ0) is 17.2. The highest BCUT2D eigenvalue weighted by atomic mass is 35.5. The van der Waals surface area contributed by atoms with E-state index in [1.54, 1.807) is 38.0 Å². The second-order valence-corrected chi connectivity index (χ2v) is 6.79. The molecule has 0 heterocycles. The van der Waals surface area contributed by atoms with Crippen LogP contribution in [0.4, 0.5) is 0 Å². The number of guanidine groups is 1. The smallest absolute Gasteiger partial charge is 0.241 e. The van der Waals surface area contributed by atoms with Crippen LogP contribution in [0.25, 0.3) is 0 Å². The Morgan fingerprint density at radius 2 is 2.04 bits per heavy atom. The summed E-state index contributed by atoms with van der Waals surface area (Å²) in [7, 11) is 3.44. The molecule has 0 atom stereocenters. The molecule has 0 aromatic heterocycles. The van der Waals surface area contributed by atoms with E-state index in [1.807, 2.05) is 12.3 Å². The number of aliphatic imine (C=N–C) groups is 1. The average molecular weight is 377 g/mol. The summed E-state index contributed by atoms with van der Waals surface area (Å²) in [5.41, 5.74) is 0.876. The first-order valence-corrected chi connectivity index (χ1v) is 9.24. The molecule has 23 heavy (non-hydrogen) atoms. The standard InChI is InChI=1S/C15H22Cl2N4OS/c1-21(2)14(22)10-20-15(18-6-7-23-3)19-9-11-4-5-12(16)8-13(11)17/h4-5,8H,6-7,9-10H2,1-3H3,(H2,18,19,20). The van der Waals surface area contributed by atoms with Crippen molar-refractivity contribution >= 4 is 46.8 Å². The first kappa shape index (κ1) is 19.9. The minimum atomic E-state index is -0.0195. The van der Waals surface area contributed by atoms with Crippen molar-refractivity contribution in [1.29, 1.82) is 0 Å². The average Bonchev–Trinajstić information content (AvgIpc) is 2.50. The summed E-state index contributed by atoms with van der Waals surface area (Å²) in [6.45, 7) is 1.35. The number of benzene rings is 1. The Morgan fingerprint density at radius 1 is 1.30 bits per heavy atom. The van der Waals surface area contributed by atoms with Gasteiger partial charge in [0.15, 0.2) is 5.96 Å². The zero-order valence-corrected chi connectivity index (χ0v) is 15.9. The fourth-order valence-electron chi connectivity index (χ4n) is 1.58. The molecule has 8 heteroatoms. The Balaban J connectivity index is 2.70. The Hall–Kier alpha value is -1.11. The molecule has 1 amide bonds. The molecule has 0 aliphatic carbocycles. The van der Waals surface area contributed by atoms with Gasteiger partial charge < -0.3 is 15.5 Å². The number of carbonyl (C=O) groups excluding carboxylic acids is 1. The highest BCUT2D eigenvalue weighted by molar-refractivity contribution is 7.98. The number of hydrogen-bond donors (Lipinski definition) is 2. The number of hydrogen-bond acceptors (Lipinski definition) is 3. The van der Waals surface area contributed by atoms with Crippen LogP contribution in [0.15, 0.2) is 23.2 Å². The van der Waals surface area contributed by atoms with Crippen LogP contribution in [-0.4, -0.2) is 56.0 Å². The molecule has 1 aromatic rings. The number of nitrogens with zero attached hydrogens (tertiary/aromatic N) is 2. The van der Waals surface area contributed by atoms with Crippen molar-refractivity contribution in [1.82, 2.24) is 15.5 Å². The van der Waals surface area contributed by atoms with Crippen molar-refractivity contribution in [3.8, 4) is 0 Å². The van der Waals surface area contributed by atoms with E-state index in [2.05, 4.69) is 15.6 Å². The molecule has 0 unspecified atom stereocenters. The van der Waals surface area contributed by atoms with Crippen molar-refractivity contribution in [3.05, 3.63) is 33.8 Å². The number of carbonyl (C=O) groups is 1. The first-order valence-electron chi connectivity index (χ1n) is 7.09. The summed E-state index contributed by atoms with van der Waals surface area (Å²) in [6.07, 6.45) is 2.04. The van der Waals surface area contributed by atoms with E-state index in [4.69, 9.17) is 23.2 Å². The minimum Gasteiger partial charge on any atom is -0.356 e. The molecule has 128 valence electrons. The largest absolute Gasteiger partial charge is 0.356 e. The van der Waals surface area contributed by atoms with E-state index in [9.17, 15) is 4.79 Å². The van der Waals surface area contributed by atoms with Crippen LogP contribution in [-0.2, 0) is 11.3 Å². The molecule has 0 fully saturated rings. The van der Waals surface area contributed by atoms with Crippen LogP contribution < -0.4 is 10.6 Å². The molecule has 0 saturated heterocycles. The van der Waals surface area contributed by atoms with E-state index in [0.29, 0.717) is 22.5 Å². The third-order valence-electron chi connectivity index (χ3n) is 2.93. The number of rotatable bonds is 7. The summed E-state index contributed by atoms with van der Waals surface area (Å²) in [5.74, 6) is 1.51. The fraction of sp³-hybridized carbons (Fsp3) is 0.467. The second kappa shape index (κ2) is 10.6. The summed E-state index contributed by atoms with van der Waals surface area (Å²) in [6, 6.07) is 5.32. The maximum Gasteiger partial charge on any atom is 0.241 e. The topological polar surface area (TPSA) is 56.7 Å². The van der Waals surface area contributed by atoms with Crippen molar-refractivity contribution in [2.24, 2.45) is 4.99 Å². The number of likely N-dealkylation sites (N-methyl/N-ethyl adjacent to an activating group) is 1. The van der Waals surface area contributed by atoms with Crippen LogP contribution >= 0.6 is 35.0 Å². The summed E-state index contributed by atoms with van der Waals surface area (Å²) < 4.78 is 0. The molecule has 2 N–H and O–H groups in total. The SMILES string of the molecule is CSCCNC(=NCc1ccc(Cl)cc1Cl)NCC(=O)N(C)C. The van der Waals surface area contributed by atoms with Crippen molar-refractivity contribution < 1.29 is 4.79 Å². The van der Waals surface area contributed by atoms with Gasteiger partial charge in [-0.25, -0.2) is 4.99 Å². The molecule has 0 spiro atoms. The molecule has 0 radical (unpaired) electrons. The van der Waals surface area contributed by atoms with Gasteiger partial charge in [0.25, 0.3) is 0 Å². The number of halogens is 2. The molecule has 0 aliphatic rings. The number of amides is 1. The maximum absolute atomic E-state index is 11.7. The molecule has 0 bridgehead atoms. The molecule has 0 aliphatic heterocycles. The molecule has 5 nitrogen and oxygen atoms in total. The predicted octanol–water partition coefficient (Wildman–Crippen LogP) is 2.48. The van der Waals surface area contributed by atoms with Gasteiger partial charge in [-0.3, -0.25) is 4.79 Å². The third kappa shape index (κ3) is 7.81. The normalized spacial score (nSPS) is 11.3. The van der Waals surface area contributed by atoms with Crippen LogP contribution in [0.5, 0.6) is 0 Å². The quantitative estimate of drug-likeness (QED) is 0.436. The van der Waals surface area contributed by atoms with Gasteiger partial charge in [-0.15, -0.1) is 0 Å². The highest BCUT2D eigenvalue weighted by Gasteiger charge is 2.06. The van der Waals surface area contributed by atoms with Gasteiger partial charge in [0.1, 0.15) is 0 Å². The summed E-state index contributed by atoms with van der Waals surface area (Å²) in [4.78, 5) is 17.7. The van der Waals surface area contributed by atoms with Crippen molar-refractivity contribution in [2.75, 3.05) is 39.2 Å². The predicted molar refractivity (Wildman–Crippen MR) is 101 cm³/mol. The zero-order valence-electron chi connectivity index (χ0n) is 13.5. The van der Waals surface area contributed by atoms with E-state index in [0.717, 1.165) is 17.9 Å². The molecular formula is C15H22Cl2N4OS. The van der Waals surface area contributed by atoms with Gasteiger partial charge >= 0.3 is 0 Å². The van der Waals surface area contributed by atoms with Gasteiger partial charge in [0.05, 0.1) is 13.1 Å². The van der Waals surface area contributed by atoms with E-state index in [1.165, 1.54) is 4.90 Å². The maximum atomic E-state index is 11.7. The number of thioether (sulfide) groups is 1. The van der Waals surface area contributed by atoms with Crippen LogP contribution in [0.2, 0.25) is 10.0 Å². The molecular weight excluding hydrogens is 355 g/mol. The molecule has 0 saturated carbocycles. The molecule has 1 aromatic carbocycles. The number of nitrogens with one attached hydrogen (secondary N) is 2. The first-order chi connectivity index (χ1) is 10.9. The van der Waals surface area contributed by atoms with Gasteiger partial charge in [0.2, 0.25) is 5.91 Å². The minimum absolute atomic E-state index is 0.0195. The van der Waals surface area contributed by atoms with Gasteiger partial charge in [-0.2, -0.15) is 11.8 Å². The van der Waals surface area contributed by atoms with Crippen LogP contribution in [0, 0.1) is 0 Å². The monoisotopic (exact) mass is 376 g/mol. The third-order valence-corrected chi connectivity index (χ3v) is 4.13. The van der Waals surface area contributed by atoms with Crippen LogP contribution in [0.1, 0.15) is 5.56 Å². The van der Waals surface area contributed by atoms with Gasteiger partial charge in [-0.05, 0) is 24.0 Å². The Morgan fingerprint density at radius 3 is 2.65 bits per heavy atom. The van der Waals surface area contributed by atoms with E-state index in [-0.39, 0.29) is 12.5 Å². The Labute approximate surface area is 151 Å². The Kier molecular flexibility index (Phi) is 9.21. The van der Waals surface area contributed by atoms with Crippen molar-refractivity contribution in [3.63, 3.8) is 0 Å². The van der Waals surface area contributed by atoms with Crippen LogP contribution in [0.3, 0.4) is 0 Å². The van der Waals surface area contributed by atoms with E-state index >= 15 is 0 Å². The highest BCUT2D eigenvalue weighted by Crippen LogP contribution is 2.21. The van der Waals surface area contributed by atoms with Gasteiger partial charge in [0, 0.05) is 36.4 Å². The summed E-state index contributed by atoms with van der Waals surface area (Å²) >= 11 is 13.8. The molecule has 1 rings (SSSR count). The van der Waals surface area contributed by atoms with Crippen molar-refractivity contribution in [2.45, 2.75) is 6.54 Å². The lowest BCUT2D eigenvalue weighted by molar-refractivity contribution is -0.127. The second-order valence-electron chi connectivity index (χ2n) is 4.96. The van der Waals surface area contributed by atoms with E-state index < -0.39 is 0 Å². The van der Waals surface area contributed by atoms with Gasteiger partial charge in [-0.1, -0.05) is 29.3 Å². The Bertz CT molecular complexity index is 552. The lowest BCUT2D eigenvalue weighted by atomic mass is 10.2. The summed E-state index contributed by atoms with van der Waals surface area (Å²) in [5, 5.41) is 7.40. The fourth-order valence-corrected chi connectivity index (χ4v) is 2.35.